The molecule has 29 heavy (non-hydrogen) atoms. The molecule has 1 saturated carbocycles. The zero-order valence-electron chi connectivity index (χ0n) is 17.1. The summed E-state index contributed by atoms with van der Waals surface area (Å²) in [6, 6.07) is 6.19. The van der Waals surface area contributed by atoms with Gasteiger partial charge in [0.25, 0.3) is 12.4 Å². The fourth-order valence-electron chi connectivity index (χ4n) is 3.55. The topological polar surface area (TPSA) is 102 Å². The number of fused-ring (bicyclic) bond motifs is 1. The Morgan fingerprint density at radius 1 is 1.24 bits per heavy atom. The van der Waals surface area contributed by atoms with Crippen molar-refractivity contribution in [3.8, 4) is 0 Å². The normalized spacial score (nSPS) is 17.2. The van der Waals surface area contributed by atoms with Gasteiger partial charge < -0.3 is 20.3 Å². The number of ether oxygens (including phenoxy) is 1. The van der Waals surface area contributed by atoms with E-state index in [0.717, 1.165) is 37.1 Å². The summed E-state index contributed by atoms with van der Waals surface area (Å²) < 4.78 is 4.15. The Hall–Kier alpha value is -2.74. The molecule has 1 aliphatic heterocycles. The molecule has 2 N–H and O–H groups in total. The summed E-state index contributed by atoms with van der Waals surface area (Å²) in [5.41, 5.74) is 8.33. The van der Waals surface area contributed by atoms with Crippen LogP contribution in [0.4, 0.5) is 5.95 Å². The molecule has 0 atom stereocenters. The third kappa shape index (κ3) is 5.00. The number of anilines is 1. The predicted octanol–water partition coefficient (Wildman–Crippen LogP) is 2.05. The molecule has 8 heteroatoms. The first-order valence-corrected chi connectivity index (χ1v) is 10.1. The summed E-state index contributed by atoms with van der Waals surface area (Å²) in [5, 5.41) is 0.831. The van der Waals surface area contributed by atoms with Gasteiger partial charge in [0, 0.05) is 31.6 Å². The van der Waals surface area contributed by atoms with Crippen LogP contribution in [-0.4, -0.2) is 72.0 Å². The van der Waals surface area contributed by atoms with Crippen LogP contribution in [0.2, 0.25) is 0 Å². The van der Waals surface area contributed by atoms with Gasteiger partial charge in [-0.2, -0.15) is 0 Å². The smallest absolute Gasteiger partial charge is 0.293 e. The summed E-state index contributed by atoms with van der Waals surface area (Å²) in [5.74, 6) is 0.739. The van der Waals surface area contributed by atoms with E-state index in [-0.39, 0.29) is 11.9 Å². The number of likely N-dealkylation sites (N-methyl/N-ethyl adjacent to an activating group) is 1. The zero-order chi connectivity index (χ0) is 20.8. The van der Waals surface area contributed by atoms with E-state index in [4.69, 9.17) is 5.73 Å². The molecule has 2 fully saturated rings. The molecule has 1 saturated heterocycles. The van der Waals surface area contributed by atoms with E-state index in [1.807, 2.05) is 11.0 Å². The van der Waals surface area contributed by atoms with Gasteiger partial charge in [-0.3, -0.25) is 9.59 Å². The first-order valence-electron chi connectivity index (χ1n) is 10.1. The number of piperazine rings is 1. The monoisotopic (exact) mass is 399 g/mol. The zero-order valence-corrected chi connectivity index (χ0v) is 17.1. The Morgan fingerprint density at radius 3 is 2.52 bits per heavy atom. The van der Waals surface area contributed by atoms with E-state index < -0.39 is 0 Å². The lowest BCUT2D eigenvalue weighted by Crippen LogP contribution is -2.47. The van der Waals surface area contributed by atoms with E-state index in [1.54, 1.807) is 6.92 Å². The van der Waals surface area contributed by atoms with E-state index in [2.05, 4.69) is 38.8 Å². The summed E-state index contributed by atoms with van der Waals surface area (Å²) in [6.45, 7) is 5.89. The van der Waals surface area contributed by atoms with Crippen molar-refractivity contribution in [1.82, 2.24) is 19.8 Å². The summed E-state index contributed by atoms with van der Waals surface area (Å²) in [7, 11) is 2.07. The fraction of sp³-hybridized carbons (Fsp3) is 0.524. The van der Waals surface area contributed by atoms with Crippen molar-refractivity contribution >= 4 is 29.2 Å². The molecule has 1 aliphatic carbocycles. The average molecular weight is 399 g/mol. The molecule has 8 nitrogen and oxygen atoms in total. The van der Waals surface area contributed by atoms with Gasteiger partial charge in [-0.15, -0.1) is 0 Å². The first kappa shape index (κ1) is 21.0. The minimum atomic E-state index is -0.0343. The lowest BCUT2D eigenvalue weighted by molar-refractivity contribution is -0.128. The number of rotatable bonds is 4. The maximum Gasteiger partial charge on any atom is 0.293 e. The van der Waals surface area contributed by atoms with Crippen molar-refractivity contribution in [2.75, 3.05) is 45.6 Å². The van der Waals surface area contributed by atoms with Crippen molar-refractivity contribution in [2.45, 2.75) is 32.1 Å². The van der Waals surface area contributed by atoms with Gasteiger partial charge in [0.2, 0.25) is 5.95 Å². The third-order valence-electron chi connectivity index (χ3n) is 5.54. The standard InChI is InChI=1S/C18H23N5O.C3H6O2/c1-22-7-9-23(10-8-22)17(24)16-14-11-13(12-3-2-4-12)5-6-15(14)20-18(19)21-16;1-2-5-3-4/h5-6,11-12H,2-4,7-10H2,1H3,(H2,19,20,21);3H,2H2,1H3. The minimum absolute atomic E-state index is 0.0343. The number of benzene rings is 1. The number of carbonyl (C=O) groups excluding carboxylic acids is 2. The summed E-state index contributed by atoms with van der Waals surface area (Å²) in [4.78, 5) is 34.9. The molecule has 0 unspecified atom stereocenters. The minimum Gasteiger partial charge on any atom is -0.468 e. The van der Waals surface area contributed by atoms with Gasteiger partial charge in [0.05, 0.1) is 12.1 Å². The van der Waals surface area contributed by atoms with Crippen molar-refractivity contribution in [2.24, 2.45) is 0 Å². The van der Waals surface area contributed by atoms with E-state index >= 15 is 0 Å². The van der Waals surface area contributed by atoms with Crippen LogP contribution in [0.1, 0.15) is 48.2 Å². The lowest BCUT2D eigenvalue weighted by Gasteiger charge is -2.32. The molecule has 0 radical (unpaired) electrons. The van der Waals surface area contributed by atoms with Gasteiger partial charge >= 0.3 is 0 Å². The van der Waals surface area contributed by atoms with Crippen LogP contribution in [0.5, 0.6) is 0 Å². The van der Waals surface area contributed by atoms with Crippen LogP contribution in [-0.2, 0) is 9.53 Å². The Kier molecular flexibility index (Phi) is 6.98. The number of hydrogen-bond donors (Lipinski definition) is 1. The molecule has 2 aliphatic rings. The molecule has 2 heterocycles. The third-order valence-corrected chi connectivity index (χ3v) is 5.54. The van der Waals surface area contributed by atoms with Crippen LogP contribution < -0.4 is 5.73 Å². The Bertz CT molecular complexity index is 861. The Labute approximate surface area is 171 Å². The van der Waals surface area contributed by atoms with E-state index in [1.165, 1.54) is 24.8 Å². The number of nitrogens with two attached hydrogens (primary N) is 1. The fourth-order valence-corrected chi connectivity index (χ4v) is 3.55. The largest absolute Gasteiger partial charge is 0.468 e. The van der Waals surface area contributed by atoms with Gasteiger partial charge in [-0.1, -0.05) is 12.5 Å². The number of carbonyl (C=O) groups is 2. The van der Waals surface area contributed by atoms with Crippen LogP contribution in [0, 0.1) is 0 Å². The predicted molar refractivity (Wildman–Crippen MR) is 112 cm³/mol. The lowest BCUT2D eigenvalue weighted by atomic mass is 9.80. The SMILES string of the molecule is CCOC=O.CN1CCN(C(=O)c2nc(N)nc3ccc(C4CCC4)cc23)CC1. The van der Waals surface area contributed by atoms with Gasteiger partial charge in [0.15, 0.2) is 0 Å². The maximum atomic E-state index is 13.0. The second kappa shape index (κ2) is 9.65. The van der Waals surface area contributed by atoms with Crippen LogP contribution in [0.25, 0.3) is 10.9 Å². The van der Waals surface area contributed by atoms with Gasteiger partial charge in [-0.25, -0.2) is 9.97 Å². The van der Waals surface area contributed by atoms with Crippen molar-refractivity contribution in [3.63, 3.8) is 0 Å². The number of hydrogen-bond acceptors (Lipinski definition) is 7. The molecular weight excluding hydrogens is 370 g/mol. The summed E-state index contributed by atoms with van der Waals surface area (Å²) >= 11 is 0. The van der Waals surface area contributed by atoms with Gasteiger partial charge in [0.1, 0.15) is 5.69 Å². The number of amides is 1. The van der Waals surface area contributed by atoms with Crippen LogP contribution in [0.3, 0.4) is 0 Å². The quantitative estimate of drug-likeness (QED) is 0.785. The second-order valence-corrected chi connectivity index (χ2v) is 7.48. The van der Waals surface area contributed by atoms with Crippen LogP contribution >= 0.6 is 0 Å². The molecule has 1 amide bonds. The highest BCUT2D eigenvalue weighted by atomic mass is 16.5. The molecule has 0 spiro atoms. The molecule has 156 valence electrons. The van der Waals surface area contributed by atoms with E-state index in [0.29, 0.717) is 24.7 Å². The maximum absolute atomic E-state index is 13.0. The van der Waals surface area contributed by atoms with Gasteiger partial charge in [-0.05, 0) is 50.4 Å². The van der Waals surface area contributed by atoms with Crippen LogP contribution in [0.15, 0.2) is 18.2 Å². The highest BCUT2D eigenvalue weighted by Crippen LogP contribution is 2.37. The first-order chi connectivity index (χ1) is 14.0. The molecule has 4 rings (SSSR count). The van der Waals surface area contributed by atoms with Crippen molar-refractivity contribution < 1.29 is 14.3 Å². The van der Waals surface area contributed by atoms with Crippen molar-refractivity contribution in [1.29, 1.82) is 0 Å². The van der Waals surface area contributed by atoms with Crippen molar-refractivity contribution in [3.05, 3.63) is 29.5 Å². The Balaban J connectivity index is 0.000000431. The molecule has 2 aromatic rings. The molecule has 0 bridgehead atoms. The average Bonchev–Trinajstić information content (AvgIpc) is 2.67. The molecular formula is C21H29N5O3. The molecule has 1 aromatic carbocycles. The van der Waals surface area contributed by atoms with E-state index in [9.17, 15) is 9.59 Å². The Morgan fingerprint density at radius 2 is 1.97 bits per heavy atom. The summed E-state index contributed by atoms with van der Waals surface area (Å²) in [6.07, 6.45) is 3.74. The number of aromatic nitrogens is 2. The highest BCUT2D eigenvalue weighted by molar-refractivity contribution is 6.05. The number of nitrogen functional groups attached to an aromatic ring is 1. The highest BCUT2D eigenvalue weighted by Gasteiger charge is 2.25. The second-order valence-electron chi connectivity index (χ2n) is 7.48. The molecule has 1 aromatic heterocycles. The number of nitrogens with zero attached hydrogens (tertiary/aromatic N) is 4.